The molecule has 1 aliphatic carbocycles. The Kier molecular flexibility index (Phi) is 2.44. The Balaban J connectivity index is 1.89. The van der Waals surface area contributed by atoms with E-state index in [0.717, 1.165) is 0 Å². The maximum Gasteiger partial charge on any atom is 0.262 e. The Bertz CT molecular complexity index is 787. The van der Waals surface area contributed by atoms with Gasteiger partial charge in [-0.25, -0.2) is 0 Å². The molecule has 8 heteroatoms. The van der Waals surface area contributed by atoms with Crippen LogP contribution in [0.1, 0.15) is 29.8 Å². The molecule has 114 valence electrons. The van der Waals surface area contributed by atoms with Gasteiger partial charge in [0, 0.05) is 23.6 Å². The highest BCUT2D eigenvalue weighted by atomic mass is 16.8. The number of fused-ring (bicyclic) bond motifs is 3. The van der Waals surface area contributed by atoms with Crippen LogP contribution >= 0.6 is 0 Å². The van der Waals surface area contributed by atoms with Crippen LogP contribution in [0.3, 0.4) is 0 Å². The van der Waals surface area contributed by atoms with Crippen LogP contribution in [-0.2, 0) is 12.0 Å². The lowest BCUT2D eigenvalue weighted by atomic mass is 9.75. The third-order valence-electron chi connectivity index (χ3n) is 4.69. The minimum atomic E-state index is -1.74. The largest absolute Gasteiger partial charge is 0.622 e. The summed E-state index contributed by atoms with van der Waals surface area (Å²) in [4.78, 5) is 0.266. The second kappa shape index (κ2) is 4.05. The van der Waals surface area contributed by atoms with Crippen molar-refractivity contribution in [1.29, 1.82) is 0 Å². The summed E-state index contributed by atoms with van der Waals surface area (Å²) < 4.78 is 5.24. The molecule has 22 heavy (non-hydrogen) atoms. The summed E-state index contributed by atoms with van der Waals surface area (Å²) in [7, 11) is 0. The monoisotopic (exact) mass is 302 g/mol. The van der Waals surface area contributed by atoms with Crippen LogP contribution in [0.2, 0.25) is 0 Å². The molecule has 0 saturated heterocycles. The normalized spacial score (nSPS) is 30.3. The quantitative estimate of drug-likeness (QED) is 0.540. The van der Waals surface area contributed by atoms with E-state index in [1.807, 2.05) is 6.07 Å². The molecule has 0 bridgehead atoms. The van der Waals surface area contributed by atoms with Crippen molar-refractivity contribution in [2.24, 2.45) is 5.73 Å². The zero-order valence-electron chi connectivity index (χ0n) is 11.6. The van der Waals surface area contributed by atoms with E-state index in [4.69, 9.17) is 5.73 Å². The predicted molar refractivity (Wildman–Crippen MR) is 73.4 cm³/mol. The molecule has 8 nitrogen and oxygen atoms in total. The van der Waals surface area contributed by atoms with Crippen molar-refractivity contribution in [2.75, 3.05) is 0 Å². The van der Waals surface area contributed by atoms with Crippen molar-refractivity contribution in [3.05, 3.63) is 57.7 Å². The Labute approximate surface area is 125 Å². The van der Waals surface area contributed by atoms with Crippen LogP contribution < -0.4 is 10.6 Å². The summed E-state index contributed by atoms with van der Waals surface area (Å²) in [5.74, 6) is 0. The fraction of sp³-hybridized carbons (Fsp3) is 0.357. The van der Waals surface area contributed by atoms with Crippen molar-refractivity contribution in [2.45, 2.75) is 30.5 Å². The summed E-state index contributed by atoms with van der Waals surface area (Å²) in [5.41, 5.74) is 4.29. The minimum absolute atomic E-state index is 0.0173. The van der Waals surface area contributed by atoms with E-state index >= 15 is 0 Å². The van der Waals surface area contributed by atoms with Crippen LogP contribution in [0, 0.1) is 10.4 Å². The van der Waals surface area contributed by atoms with Crippen LogP contribution in [0.5, 0.6) is 0 Å². The number of hydrogen-bond acceptors (Lipinski definition) is 6. The highest BCUT2D eigenvalue weighted by Gasteiger charge is 2.69. The van der Waals surface area contributed by atoms with E-state index in [2.05, 4.69) is 9.79 Å². The maximum atomic E-state index is 12.7. The summed E-state index contributed by atoms with van der Waals surface area (Å²) in [6, 6.07) is 9.00. The molecule has 1 aromatic heterocycles. The zero-order chi connectivity index (χ0) is 15.5. The van der Waals surface area contributed by atoms with Gasteiger partial charge in [0.15, 0.2) is 5.71 Å². The highest BCUT2D eigenvalue weighted by molar-refractivity contribution is 5.99. The molecule has 0 saturated carbocycles. The summed E-state index contributed by atoms with van der Waals surface area (Å²) in [6.45, 7) is 0. The molecule has 2 atom stereocenters. The first-order valence-electron chi connectivity index (χ1n) is 6.96. The molecule has 4 rings (SSSR count). The van der Waals surface area contributed by atoms with Crippen molar-refractivity contribution in [1.82, 2.24) is 5.16 Å². The molecule has 2 aromatic rings. The molecule has 0 radical (unpaired) electrons. The van der Waals surface area contributed by atoms with E-state index in [1.54, 1.807) is 24.3 Å². The van der Waals surface area contributed by atoms with Gasteiger partial charge in [0.1, 0.15) is 0 Å². The fourth-order valence-corrected chi connectivity index (χ4v) is 3.42. The van der Waals surface area contributed by atoms with E-state index in [-0.39, 0.29) is 35.6 Å². The van der Waals surface area contributed by atoms with Gasteiger partial charge in [-0.15, -0.1) is 0 Å². The molecule has 2 heterocycles. The molecule has 0 amide bonds. The lowest BCUT2D eigenvalue weighted by Gasteiger charge is -2.35. The van der Waals surface area contributed by atoms with Crippen LogP contribution in [0.25, 0.3) is 0 Å². The molecule has 1 aromatic carbocycles. The smallest absolute Gasteiger partial charge is 0.262 e. The molecule has 1 aliphatic heterocycles. The lowest BCUT2D eigenvalue weighted by Crippen LogP contribution is -2.63. The Morgan fingerprint density at radius 3 is 2.73 bits per heavy atom. The van der Waals surface area contributed by atoms with E-state index in [1.165, 1.54) is 0 Å². The van der Waals surface area contributed by atoms with Gasteiger partial charge in [-0.05, 0) is 17.0 Å². The average molecular weight is 302 g/mol. The number of aliphatic hydroxyl groups is 1. The highest BCUT2D eigenvalue weighted by Crippen LogP contribution is 2.46. The maximum absolute atomic E-state index is 12.7. The van der Waals surface area contributed by atoms with Crippen LogP contribution in [0.15, 0.2) is 35.0 Å². The fourth-order valence-electron chi connectivity index (χ4n) is 3.42. The second-order valence-corrected chi connectivity index (χ2v) is 5.79. The number of nitrogens with two attached hydrogens (primary N) is 1. The van der Waals surface area contributed by atoms with E-state index < -0.39 is 11.3 Å². The van der Waals surface area contributed by atoms with Gasteiger partial charge in [0.2, 0.25) is 11.3 Å². The predicted octanol–water partition coefficient (Wildman–Crippen LogP) is -0.500. The summed E-state index contributed by atoms with van der Waals surface area (Å²) in [6.07, 6.45) is 0.346. The summed E-state index contributed by atoms with van der Waals surface area (Å²) in [5, 5.41) is 39.0. The average Bonchev–Trinajstić information content (AvgIpc) is 3.00. The van der Waals surface area contributed by atoms with Crippen LogP contribution in [0.4, 0.5) is 0 Å². The van der Waals surface area contributed by atoms with Gasteiger partial charge in [0.25, 0.3) is 11.4 Å². The van der Waals surface area contributed by atoms with Gasteiger partial charge < -0.3 is 15.5 Å². The van der Waals surface area contributed by atoms with Gasteiger partial charge in [-0.1, -0.05) is 18.2 Å². The van der Waals surface area contributed by atoms with Gasteiger partial charge in [-0.2, -0.15) is 4.74 Å². The first-order valence-corrected chi connectivity index (χ1v) is 6.96. The van der Waals surface area contributed by atoms with Crippen molar-refractivity contribution in [3.63, 3.8) is 0 Å². The Hall–Kier alpha value is -2.45. The summed E-state index contributed by atoms with van der Waals surface area (Å²) >= 11 is 0. The molecular formula is C14H14N4O4. The van der Waals surface area contributed by atoms with E-state index in [9.17, 15) is 15.5 Å². The van der Waals surface area contributed by atoms with Crippen molar-refractivity contribution >= 4 is 5.71 Å². The SMILES string of the molecule is N[C@@]12CCc3c(no[n+]3[O-])[C@]1(O)CC(c1ccccc1)=[N+]2[O-]. The van der Waals surface area contributed by atoms with Crippen molar-refractivity contribution in [3.8, 4) is 0 Å². The zero-order valence-corrected chi connectivity index (χ0v) is 11.6. The Morgan fingerprint density at radius 1 is 1.27 bits per heavy atom. The van der Waals surface area contributed by atoms with Gasteiger partial charge in [-0.3, -0.25) is 10.4 Å². The Morgan fingerprint density at radius 2 is 2.00 bits per heavy atom. The van der Waals surface area contributed by atoms with Crippen LogP contribution in [-0.4, -0.2) is 26.4 Å². The molecule has 0 spiro atoms. The standard InChI is InChI=1S/C14H14N4O4/c15-14-7-6-10-12(16-22-18(10)21)13(14,19)8-11(17(14)20)9-4-2-1-3-5-9/h1-5,19H,6-8,15H2/t13-,14-/m1/s1. The third-order valence-corrected chi connectivity index (χ3v) is 4.69. The van der Waals surface area contributed by atoms with Gasteiger partial charge >= 0.3 is 0 Å². The first kappa shape index (κ1) is 13.2. The lowest BCUT2D eigenvalue weighted by molar-refractivity contribution is -0.808. The number of benzene rings is 1. The molecule has 3 N–H and O–H groups in total. The topological polar surface area (TPSA) is 125 Å². The first-order chi connectivity index (χ1) is 10.5. The number of aromatic nitrogens is 2. The molecular weight excluding hydrogens is 288 g/mol. The number of rotatable bonds is 1. The van der Waals surface area contributed by atoms with E-state index in [0.29, 0.717) is 16.0 Å². The number of nitrogens with zero attached hydrogens (tertiary/aromatic N) is 3. The molecule has 0 fully saturated rings. The number of hydrogen-bond donors (Lipinski definition) is 2. The van der Waals surface area contributed by atoms with Gasteiger partial charge in [0.05, 0.1) is 6.42 Å². The van der Waals surface area contributed by atoms with Crippen molar-refractivity contribution < 1.29 is 19.4 Å². The molecule has 2 aliphatic rings. The number of hydroxylamine groups is 1. The molecule has 0 unspecified atom stereocenters. The minimum Gasteiger partial charge on any atom is -0.622 e. The second-order valence-electron chi connectivity index (χ2n) is 5.79. The third kappa shape index (κ3) is 1.40.